The first-order chi connectivity index (χ1) is 21.9. The zero-order valence-electron chi connectivity index (χ0n) is 24.1. The van der Waals surface area contributed by atoms with Gasteiger partial charge in [0.05, 0.1) is 58.6 Å². The number of pyridine rings is 1. The van der Waals surface area contributed by atoms with E-state index in [4.69, 9.17) is 9.47 Å². The average Bonchev–Trinajstić information content (AvgIpc) is 3.56. The highest BCUT2D eigenvalue weighted by Crippen LogP contribution is 2.37. The fourth-order valence-electron chi connectivity index (χ4n) is 5.03. The van der Waals surface area contributed by atoms with Gasteiger partial charge in [-0.25, -0.2) is 23.1 Å². The van der Waals surface area contributed by atoms with Crippen molar-refractivity contribution >= 4 is 49.8 Å². The number of aromatic nitrogens is 3. The Kier molecular flexibility index (Phi) is 8.83. The van der Waals surface area contributed by atoms with Gasteiger partial charge in [-0.15, -0.1) is 0 Å². The summed E-state index contributed by atoms with van der Waals surface area (Å²) < 4.78 is 39.4. The molecular weight excluding hydrogens is 596 g/mol. The van der Waals surface area contributed by atoms with Crippen molar-refractivity contribution in [3.8, 4) is 11.8 Å². The molecule has 4 aromatic rings. The van der Waals surface area contributed by atoms with E-state index in [1.54, 1.807) is 36.4 Å². The molecule has 2 fully saturated rings. The quantitative estimate of drug-likeness (QED) is 0.198. The van der Waals surface area contributed by atoms with Crippen LogP contribution in [0.3, 0.4) is 0 Å². The van der Waals surface area contributed by atoms with Crippen LogP contribution < -0.4 is 25.4 Å². The largest absolute Gasteiger partial charge is 0.486 e. The normalized spacial score (nSPS) is 16.5. The second-order valence-electron chi connectivity index (χ2n) is 10.5. The smallest absolute Gasteiger partial charge is 0.264 e. The Balaban J connectivity index is 1.31. The molecule has 6 rings (SSSR count). The molecule has 14 heteroatoms. The monoisotopic (exact) mass is 626 g/mol. The number of nitrogens with zero attached hydrogens (tertiary/aromatic N) is 4. The van der Waals surface area contributed by atoms with Crippen molar-refractivity contribution in [2.45, 2.75) is 30.3 Å². The van der Waals surface area contributed by atoms with Crippen LogP contribution in [-0.2, 0) is 19.6 Å². The molecule has 1 amide bonds. The van der Waals surface area contributed by atoms with Gasteiger partial charge in [0.2, 0.25) is 11.9 Å². The second kappa shape index (κ2) is 13.3. The molecular formula is C31H30N8O5S. The number of hydrogen-bond donors (Lipinski definition) is 4. The molecule has 13 nitrogen and oxygen atoms in total. The van der Waals surface area contributed by atoms with E-state index >= 15 is 0 Å². The second-order valence-corrected chi connectivity index (χ2v) is 12.2. The van der Waals surface area contributed by atoms with Crippen LogP contribution in [-0.4, -0.2) is 61.7 Å². The van der Waals surface area contributed by atoms with E-state index in [0.717, 1.165) is 31.5 Å². The summed E-state index contributed by atoms with van der Waals surface area (Å²) >= 11 is 0. The van der Waals surface area contributed by atoms with Gasteiger partial charge in [0.1, 0.15) is 17.9 Å². The summed E-state index contributed by atoms with van der Waals surface area (Å²) in [5.74, 6) is 0.0475. The SMILES string of the molecule is N#Cc1cnc2cc(OC3CCOC3)c(NC(=O)C=C3CCNCC3)cc2c1Nc1cnc(NS(=O)(=O)c2ccccc2)nc1. The molecule has 2 aliphatic heterocycles. The number of hydrogen-bond acceptors (Lipinski definition) is 11. The Morgan fingerprint density at radius 3 is 2.58 bits per heavy atom. The molecule has 45 heavy (non-hydrogen) atoms. The molecule has 2 aromatic heterocycles. The maximum atomic E-state index is 13.1. The minimum atomic E-state index is -3.87. The average molecular weight is 627 g/mol. The van der Waals surface area contributed by atoms with E-state index in [9.17, 15) is 18.5 Å². The van der Waals surface area contributed by atoms with Crippen molar-refractivity contribution in [3.63, 3.8) is 0 Å². The number of sulfonamides is 1. The number of amides is 1. The van der Waals surface area contributed by atoms with Gasteiger partial charge in [0.15, 0.2) is 0 Å². The lowest BCUT2D eigenvalue weighted by Crippen LogP contribution is -2.24. The van der Waals surface area contributed by atoms with E-state index in [1.807, 2.05) is 0 Å². The molecule has 0 saturated carbocycles. The standard InChI is InChI=1S/C31H30N8O5S/c32-15-21-16-34-26-14-28(44-23-8-11-43-19-23)27(38-29(40)12-20-6-9-33-10-7-20)13-25(26)30(21)37-22-17-35-31(36-18-22)39-45(41,42)24-4-2-1-3-5-24/h1-5,12-14,16-18,23,33H,6-11,19H2,(H,34,37)(H,38,40)(H,35,36,39). The summed E-state index contributed by atoms with van der Waals surface area (Å²) in [5.41, 5.74) is 3.05. The fraction of sp³-hybridized carbons (Fsp3) is 0.258. The van der Waals surface area contributed by atoms with Crippen LogP contribution in [0, 0.1) is 11.3 Å². The highest BCUT2D eigenvalue weighted by atomic mass is 32.2. The number of carbonyl (C=O) groups excluding carboxylic acids is 1. The van der Waals surface area contributed by atoms with Gasteiger partial charge in [-0.2, -0.15) is 5.26 Å². The number of carbonyl (C=O) groups is 1. The van der Waals surface area contributed by atoms with Gasteiger partial charge in [-0.1, -0.05) is 23.8 Å². The molecule has 4 N–H and O–H groups in total. The maximum Gasteiger partial charge on any atom is 0.264 e. The van der Waals surface area contributed by atoms with Crippen LogP contribution in [0.1, 0.15) is 24.8 Å². The van der Waals surface area contributed by atoms with Gasteiger partial charge in [-0.3, -0.25) is 9.78 Å². The number of benzene rings is 2. The van der Waals surface area contributed by atoms with Gasteiger partial charge in [-0.05, 0) is 44.1 Å². The molecule has 2 aromatic carbocycles. The van der Waals surface area contributed by atoms with E-state index in [0.29, 0.717) is 53.3 Å². The van der Waals surface area contributed by atoms with Crippen molar-refractivity contribution in [1.29, 1.82) is 5.26 Å². The molecule has 0 aliphatic carbocycles. The van der Waals surface area contributed by atoms with Crippen LogP contribution in [0.4, 0.5) is 23.0 Å². The summed E-state index contributed by atoms with van der Waals surface area (Å²) in [6.45, 7) is 2.68. The first kappa shape index (κ1) is 29.9. The molecule has 0 bridgehead atoms. The molecule has 1 atom stereocenters. The number of piperidine rings is 1. The highest BCUT2D eigenvalue weighted by molar-refractivity contribution is 7.92. The molecule has 0 radical (unpaired) electrons. The molecule has 4 heterocycles. The van der Waals surface area contributed by atoms with Crippen LogP contribution in [0.15, 0.2) is 77.6 Å². The Labute approximate surface area is 259 Å². The Morgan fingerprint density at radius 1 is 1.09 bits per heavy atom. The summed E-state index contributed by atoms with van der Waals surface area (Å²) in [7, 11) is -3.87. The number of nitriles is 1. The van der Waals surface area contributed by atoms with Crippen LogP contribution in [0.2, 0.25) is 0 Å². The van der Waals surface area contributed by atoms with E-state index in [-0.39, 0.29) is 28.4 Å². The van der Waals surface area contributed by atoms with Gasteiger partial charge in [0.25, 0.3) is 10.0 Å². The van der Waals surface area contributed by atoms with Crippen LogP contribution in [0.25, 0.3) is 10.9 Å². The Morgan fingerprint density at radius 2 is 1.87 bits per heavy atom. The topological polar surface area (TPSA) is 180 Å². The van der Waals surface area contributed by atoms with Crippen molar-refractivity contribution in [1.82, 2.24) is 20.3 Å². The van der Waals surface area contributed by atoms with Gasteiger partial charge in [0, 0.05) is 30.1 Å². The molecule has 2 aliphatic rings. The zero-order valence-corrected chi connectivity index (χ0v) is 24.9. The van der Waals surface area contributed by atoms with Gasteiger partial charge < -0.3 is 25.4 Å². The molecule has 0 spiro atoms. The number of anilines is 4. The number of fused-ring (bicyclic) bond motifs is 1. The third-order valence-corrected chi connectivity index (χ3v) is 8.65. The highest BCUT2D eigenvalue weighted by Gasteiger charge is 2.22. The third kappa shape index (κ3) is 7.18. The minimum Gasteiger partial charge on any atom is -0.486 e. The van der Waals surface area contributed by atoms with E-state index < -0.39 is 10.0 Å². The molecule has 230 valence electrons. The summed E-state index contributed by atoms with van der Waals surface area (Å²) in [6, 6.07) is 13.5. The number of rotatable bonds is 9. The zero-order chi connectivity index (χ0) is 31.2. The molecule has 2 saturated heterocycles. The first-order valence-corrected chi connectivity index (χ1v) is 15.9. The van der Waals surface area contributed by atoms with Crippen molar-refractivity contribution < 1.29 is 22.7 Å². The fourth-order valence-corrected chi connectivity index (χ4v) is 6.01. The van der Waals surface area contributed by atoms with Crippen LogP contribution >= 0.6 is 0 Å². The number of ether oxygens (including phenoxy) is 2. The van der Waals surface area contributed by atoms with Crippen molar-refractivity contribution in [2.75, 3.05) is 41.7 Å². The predicted molar refractivity (Wildman–Crippen MR) is 168 cm³/mol. The lowest BCUT2D eigenvalue weighted by molar-refractivity contribution is -0.112. The minimum absolute atomic E-state index is 0.0800. The molecule has 1 unspecified atom stereocenters. The van der Waals surface area contributed by atoms with Crippen molar-refractivity contribution in [3.05, 3.63) is 78.3 Å². The Hall–Kier alpha value is -5.10. The maximum absolute atomic E-state index is 13.1. The van der Waals surface area contributed by atoms with E-state index in [1.165, 1.54) is 30.7 Å². The Bertz CT molecular complexity index is 1880. The predicted octanol–water partition coefficient (Wildman–Crippen LogP) is 3.86. The summed E-state index contributed by atoms with van der Waals surface area (Å²) in [4.78, 5) is 25.9. The summed E-state index contributed by atoms with van der Waals surface area (Å²) in [5, 5.41) is 19.9. The summed E-state index contributed by atoms with van der Waals surface area (Å²) in [6.07, 6.45) is 8.00. The lowest BCUT2D eigenvalue weighted by Gasteiger charge is -2.19. The first-order valence-electron chi connectivity index (χ1n) is 14.4. The van der Waals surface area contributed by atoms with Crippen molar-refractivity contribution in [2.24, 2.45) is 0 Å². The van der Waals surface area contributed by atoms with E-state index in [2.05, 4.69) is 41.7 Å². The lowest BCUT2D eigenvalue weighted by atomic mass is 10.0. The number of nitrogens with one attached hydrogen (secondary N) is 4. The van der Waals surface area contributed by atoms with Gasteiger partial charge >= 0.3 is 0 Å². The third-order valence-electron chi connectivity index (χ3n) is 7.31. The van der Waals surface area contributed by atoms with Crippen LogP contribution in [0.5, 0.6) is 5.75 Å².